The monoisotopic (exact) mass is 530 g/mol. The molecular weight excluding hydrogens is 498 g/mol. The third-order valence-electron chi connectivity index (χ3n) is 7.03. The minimum absolute atomic E-state index is 0.0410. The molecule has 2 amide bonds. The summed E-state index contributed by atoms with van der Waals surface area (Å²) in [7, 11) is 1.26. The molecule has 0 aliphatic carbocycles. The van der Waals surface area contributed by atoms with E-state index in [4.69, 9.17) is 15.3 Å². The molecule has 4 rings (SSSR count). The number of carbonyl (C=O) groups excluding carboxylic acids is 4. The molecule has 0 fully saturated rings. The molecule has 0 saturated heterocycles. The molecule has 39 heavy (non-hydrogen) atoms. The molecule has 0 bridgehead atoms. The van der Waals surface area contributed by atoms with E-state index in [2.05, 4.69) is 0 Å². The maximum absolute atomic E-state index is 13.9. The summed E-state index contributed by atoms with van der Waals surface area (Å²) in [5, 5.41) is 0. The summed E-state index contributed by atoms with van der Waals surface area (Å²) in [4.78, 5) is 53.8. The van der Waals surface area contributed by atoms with Crippen LogP contribution in [-0.2, 0) is 32.1 Å². The highest BCUT2D eigenvalue weighted by Crippen LogP contribution is 2.34. The summed E-state index contributed by atoms with van der Waals surface area (Å²) in [6.07, 6.45) is 0.373. The third-order valence-corrected chi connectivity index (χ3v) is 7.03. The van der Waals surface area contributed by atoms with Gasteiger partial charge in [-0.05, 0) is 29.7 Å². The molecule has 3 aromatic carbocycles. The topological polar surface area (TPSA) is 116 Å². The molecule has 0 radical (unpaired) electrons. The molecule has 3 aromatic rings. The van der Waals surface area contributed by atoms with Crippen molar-refractivity contribution in [2.24, 2.45) is 5.84 Å². The number of nitrogens with two attached hydrogens (primary N) is 1. The van der Waals surface area contributed by atoms with Crippen molar-refractivity contribution in [3.8, 4) is 0 Å². The Bertz CT molecular complexity index is 1360. The van der Waals surface area contributed by atoms with Gasteiger partial charge in [-0.3, -0.25) is 9.59 Å². The Labute approximate surface area is 227 Å². The number of ether oxygens (including phenoxy) is 2. The van der Waals surface area contributed by atoms with Gasteiger partial charge in [-0.2, -0.15) is 5.84 Å². The highest BCUT2D eigenvalue weighted by Gasteiger charge is 2.49. The van der Waals surface area contributed by atoms with E-state index in [0.29, 0.717) is 13.0 Å². The van der Waals surface area contributed by atoms with Gasteiger partial charge in [0.15, 0.2) is 5.69 Å². The first kappa shape index (κ1) is 27.7. The number of benzene rings is 3. The molecule has 9 nitrogen and oxygen atoms in total. The first-order valence-electron chi connectivity index (χ1n) is 12.7. The van der Waals surface area contributed by atoms with Crippen molar-refractivity contribution in [3.05, 3.63) is 101 Å². The molecule has 1 aliphatic rings. The van der Waals surface area contributed by atoms with Gasteiger partial charge in [-0.1, -0.05) is 60.7 Å². The van der Waals surface area contributed by atoms with Crippen LogP contribution in [0.25, 0.3) is 0 Å². The van der Waals surface area contributed by atoms with E-state index in [-0.39, 0.29) is 42.3 Å². The molecule has 0 saturated carbocycles. The van der Waals surface area contributed by atoms with E-state index in [1.807, 2.05) is 60.7 Å². The van der Waals surface area contributed by atoms with Crippen molar-refractivity contribution in [1.82, 2.24) is 9.49 Å². The van der Waals surface area contributed by atoms with Gasteiger partial charge in [-0.25, -0.2) is 9.59 Å². The predicted molar refractivity (Wildman–Crippen MR) is 145 cm³/mol. The third kappa shape index (κ3) is 6.05. The Morgan fingerprint density at radius 2 is 1.62 bits per heavy atom. The molecule has 1 aliphatic heterocycles. The van der Waals surface area contributed by atoms with Gasteiger partial charge in [-0.15, -0.1) is 4.59 Å². The number of hydrogen-bond donors (Lipinski definition) is 1. The van der Waals surface area contributed by atoms with Crippen molar-refractivity contribution in [2.75, 3.05) is 20.2 Å². The Morgan fingerprint density at radius 1 is 0.974 bits per heavy atom. The number of hydrogen-bond acceptors (Lipinski definition) is 7. The largest absolute Gasteiger partial charge is 0.469 e. The van der Waals surface area contributed by atoms with Crippen LogP contribution in [0.3, 0.4) is 0 Å². The number of esters is 2. The molecule has 0 aromatic heterocycles. The Morgan fingerprint density at radius 3 is 2.23 bits per heavy atom. The number of fused-ring (bicyclic) bond motifs is 1. The SMILES string of the molecule is COC(=O)C[C@H]1CN(CCc2ccccc2)C(=O)c2cc(C(=O)OCc3ccccc3)ccc2[N@+]1(N)C(C)=O. The molecule has 9 heteroatoms. The second kappa shape index (κ2) is 12.0. The van der Waals surface area contributed by atoms with E-state index >= 15 is 0 Å². The van der Waals surface area contributed by atoms with E-state index in [9.17, 15) is 19.2 Å². The normalized spacial score (nSPS) is 18.6. The summed E-state index contributed by atoms with van der Waals surface area (Å²) < 4.78 is 9.56. The zero-order valence-corrected chi connectivity index (χ0v) is 22.0. The van der Waals surface area contributed by atoms with Crippen LogP contribution < -0.4 is 10.4 Å². The summed E-state index contributed by atoms with van der Waals surface area (Å²) in [6.45, 7) is 1.75. The number of methoxy groups -OCH3 is 1. The van der Waals surface area contributed by atoms with Crippen LogP contribution in [0, 0.1) is 0 Å². The van der Waals surface area contributed by atoms with Crippen molar-refractivity contribution in [2.45, 2.75) is 32.4 Å². The van der Waals surface area contributed by atoms with Crippen molar-refractivity contribution >= 4 is 29.4 Å². The second-order valence-corrected chi connectivity index (χ2v) is 9.51. The lowest BCUT2D eigenvalue weighted by Crippen LogP contribution is -2.67. The summed E-state index contributed by atoms with van der Waals surface area (Å²) in [5.41, 5.74) is 2.33. The summed E-state index contributed by atoms with van der Waals surface area (Å²) in [5.74, 6) is 4.73. The smallest absolute Gasteiger partial charge is 0.338 e. The van der Waals surface area contributed by atoms with Crippen LogP contribution in [0.1, 0.15) is 45.2 Å². The fraction of sp³-hybridized carbons (Fsp3) is 0.267. The quantitative estimate of drug-likeness (QED) is 0.205. The standard InChI is InChI=1S/C30H32N3O6/c1-21(34)33(31)25(18-28(35)38-2)19-32(16-15-22-9-5-3-6-10-22)29(36)26-17-24(13-14-27(26)33)30(37)39-20-23-11-7-4-8-12-23/h3-14,17,25H,15-16,18-20,31H2,1-2H3/q+1/t25-,33-/m0/s1. The lowest BCUT2D eigenvalue weighted by atomic mass is 10.0. The van der Waals surface area contributed by atoms with Gasteiger partial charge in [0.2, 0.25) is 0 Å². The van der Waals surface area contributed by atoms with Gasteiger partial charge < -0.3 is 14.4 Å². The molecule has 1 heterocycles. The minimum Gasteiger partial charge on any atom is -0.469 e. The molecule has 2 N–H and O–H groups in total. The van der Waals surface area contributed by atoms with E-state index < -0.39 is 28.5 Å². The average molecular weight is 531 g/mol. The van der Waals surface area contributed by atoms with Crippen LogP contribution in [0.2, 0.25) is 0 Å². The summed E-state index contributed by atoms with van der Waals surface area (Å²) in [6, 6.07) is 22.5. The Balaban J connectivity index is 1.71. The lowest BCUT2D eigenvalue weighted by molar-refractivity contribution is -0.143. The Hall–Kier alpha value is -4.34. The first-order valence-corrected chi connectivity index (χ1v) is 12.7. The molecular formula is C30H32N3O6+. The first-order chi connectivity index (χ1) is 18.7. The van der Waals surface area contributed by atoms with Crippen molar-refractivity contribution < 1.29 is 28.7 Å². The number of nitrogens with zero attached hydrogens (tertiary/aromatic N) is 2. The number of amides is 2. The predicted octanol–water partition coefficient (Wildman–Crippen LogP) is 3.40. The van der Waals surface area contributed by atoms with Crippen molar-refractivity contribution in [3.63, 3.8) is 0 Å². The number of carbonyl (C=O) groups is 4. The van der Waals surface area contributed by atoms with E-state index in [0.717, 1.165) is 11.1 Å². The highest BCUT2D eigenvalue weighted by atomic mass is 16.5. The van der Waals surface area contributed by atoms with Crippen LogP contribution in [0.4, 0.5) is 5.69 Å². The molecule has 2 atom stereocenters. The maximum Gasteiger partial charge on any atom is 0.338 e. The van der Waals surface area contributed by atoms with E-state index in [1.165, 1.54) is 32.2 Å². The van der Waals surface area contributed by atoms with Crippen LogP contribution >= 0.6 is 0 Å². The second-order valence-electron chi connectivity index (χ2n) is 9.51. The van der Waals surface area contributed by atoms with Crippen LogP contribution in [0.15, 0.2) is 78.9 Å². The van der Waals surface area contributed by atoms with Crippen LogP contribution in [-0.4, -0.2) is 54.9 Å². The number of quaternary nitrogens is 1. The Kier molecular flexibility index (Phi) is 8.53. The molecule has 202 valence electrons. The fourth-order valence-corrected chi connectivity index (χ4v) is 4.81. The van der Waals surface area contributed by atoms with Crippen molar-refractivity contribution in [1.29, 1.82) is 0 Å². The molecule has 0 unspecified atom stereocenters. The van der Waals surface area contributed by atoms with Gasteiger partial charge in [0.25, 0.3) is 5.91 Å². The van der Waals surface area contributed by atoms with Gasteiger partial charge >= 0.3 is 17.8 Å². The fourth-order valence-electron chi connectivity index (χ4n) is 4.81. The maximum atomic E-state index is 13.9. The minimum atomic E-state index is -0.799. The zero-order valence-electron chi connectivity index (χ0n) is 22.0. The van der Waals surface area contributed by atoms with Gasteiger partial charge in [0, 0.05) is 12.6 Å². The average Bonchev–Trinajstić information content (AvgIpc) is 3.05. The van der Waals surface area contributed by atoms with E-state index in [1.54, 1.807) is 4.90 Å². The van der Waals surface area contributed by atoms with Crippen LogP contribution in [0.5, 0.6) is 0 Å². The number of rotatable bonds is 8. The lowest BCUT2D eigenvalue weighted by Gasteiger charge is -2.35. The van der Waals surface area contributed by atoms with Gasteiger partial charge in [0.05, 0.1) is 26.1 Å². The zero-order chi connectivity index (χ0) is 28.0. The summed E-state index contributed by atoms with van der Waals surface area (Å²) >= 11 is 0. The molecule has 0 spiro atoms. The highest BCUT2D eigenvalue weighted by molar-refractivity contribution is 6.05. The van der Waals surface area contributed by atoms with Gasteiger partial charge in [0.1, 0.15) is 24.6 Å².